The number of aromatic nitrogens is 4. The first kappa shape index (κ1) is 9.76. The fourth-order valence-corrected chi connectivity index (χ4v) is 1.55. The van der Waals surface area contributed by atoms with Gasteiger partial charge in [-0.25, -0.2) is 0 Å². The van der Waals surface area contributed by atoms with Gasteiger partial charge in [0.25, 0.3) is 0 Å². The van der Waals surface area contributed by atoms with E-state index < -0.39 is 0 Å². The molecule has 0 aliphatic heterocycles. The third-order valence-electron chi connectivity index (χ3n) is 2.52. The van der Waals surface area contributed by atoms with Crippen LogP contribution in [0.2, 0.25) is 0 Å². The van der Waals surface area contributed by atoms with Crippen molar-refractivity contribution in [2.24, 2.45) is 0 Å². The molecular weight excluding hydrogens is 190 g/mol. The fourth-order valence-electron chi connectivity index (χ4n) is 1.55. The molecule has 5 heteroatoms. The van der Waals surface area contributed by atoms with E-state index in [9.17, 15) is 0 Å². The summed E-state index contributed by atoms with van der Waals surface area (Å²) in [6, 6.07) is 0. The standard InChI is InChI=1S/C10H15N5/c1-6-9(5-12-13-6)4-11-10-7(2)14-15-8(10)3/h5,11H,4H2,1-3H3,(H,12,13)(H,14,15). The highest BCUT2D eigenvalue weighted by atomic mass is 15.2. The molecule has 2 rings (SSSR count). The van der Waals surface area contributed by atoms with Crippen molar-refractivity contribution in [1.82, 2.24) is 20.4 Å². The monoisotopic (exact) mass is 205 g/mol. The molecule has 0 aromatic carbocycles. The first-order chi connectivity index (χ1) is 7.18. The number of nitrogens with zero attached hydrogens (tertiary/aromatic N) is 2. The van der Waals surface area contributed by atoms with Gasteiger partial charge in [0, 0.05) is 17.8 Å². The quantitative estimate of drug-likeness (QED) is 0.714. The van der Waals surface area contributed by atoms with Crippen molar-refractivity contribution >= 4 is 5.69 Å². The minimum atomic E-state index is 0.767. The topological polar surface area (TPSA) is 69.4 Å². The SMILES string of the molecule is Cc1n[nH]c(C)c1NCc1cn[nH]c1C. The average Bonchev–Trinajstić information content (AvgIpc) is 2.73. The van der Waals surface area contributed by atoms with Crippen molar-refractivity contribution in [3.05, 3.63) is 28.8 Å². The van der Waals surface area contributed by atoms with Crippen LogP contribution in [0.15, 0.2) is 6.20 Å². The predicted octanol–water partition coefficient (Wildman–Crippen LogP) is 1.67. The molecule has 2 heterocycles. The van der Waals surface area contributed by atoms with Crippen molar-refractivity contribution in [3.63, 3.8) is 0 Å². The highest BCUT2D eigenvalue weighted by molar-refractivity contribution is 5.51. The third kappa shape index (κ3) is 1.86. The Balaban J connectivity index is 2.08. The van der Waals surface area contributed by atoms with E-state index in [0.717, 1.165) is 29.3 Å². The van der Waals surface area contributed by atoms with E-state index in [0.29, 0.717) is 0 Å². The molecule has 0 radical (unpaired) electrons. The van der Waals surface area contributed by atoms with Gasteiger partial charge in [-0.05, 0) is 20.8 Å². The molecule has 0 atom stereocenters. The maximum Gasteiger partial charge on any atom is 0.0825 e. The van der Waals surface area contributed by atoms with Gasteiger partial charge in [-0.2, -0.15) is 10.2 Å². The largest absolute Gasteiger partial charge is 0.378 e. The summed E-state index contributed by atoms with van der Waals surface area (Å²) in [5.41, 5.74) is 5.41. The Labute approximate surface area is 88.3 Å². The zero-order valence-corrected chi connectivity index (χ0v) is 9.18. The molecule has 0 fully saturated rings. The molecule has 0 unspecified atom stereocenters. The lowest BCUT2D eigenvalue weighted by Gasteiger charge is -2.05. The van der Waals surface area contributed by atoms with Crippen LogP contribution in [0.1, 0.15) is 22.6 Å². The molecule has 2 aromatic rings. The number of anilines is 1. The van der Waals surface area contributed by atoms with Gasteiger partial charge in [0.05, 0.1) is 23.3 Å². The Bertz CT molecular complexity index is 435. The van der Waals surface area contributed by atoms with Crippen LogP contribution in [0.3, 0.4) is 0 Å². The lowest BCUT2D eigenvalue weighted by Crippen LogP contribution is -2.01. The second kappa shape index (κ2) is 3.76. The molecule has 0 aliphatic rings. The van der Waals surface area contributed by atoms with E-state index in [2.05, 4.69) is 25.7 Å². The van der Waals surface area contributed by atoms with Gasteiger partial charge in [-0.3, -0.25) is 10.2 Å². The molecule has 2 aromatic heterocycles. The Morgan fingerprint density at radius 2 is 2.00 bits per heavy atom. The summed E-state index contributed by atoms with van der Waals surface area (Å²) in [5.74, 6) is 0. The first-order valence-corrected chi connectivity index (χ1v) is 4.92. The van der Waals surface area contributed by atoms with E-state index in [1.54, 1.807) is 0 Å². The van der Waals surface area contributed by atoms with Crippen molar-refractivity contribution in [2.45, 2.75) is 27.3 Å². The van der Waals surface area contributed by atoms with E-state index in [4.69, 9.17) is 0 Å². The normalized spacial score (nSPS) is 10.6. The van der Waals surface area contributed by atoms with Crippen LogP contribution in [-0.4, -0.2) is 20.4 Å². The van der Waals surface area contributed by atoms with Gasteiger partial charge in [0.2, 0.25) is 0 Å². The van der Waals surface area contributed by atoms with Gasteiger partial charge in [0.15, 0.2) is 0 Å². The maximum atomic E-state index is 4.13. The second-order valence-corrected chi connectivity index (χ2v) is 3.68. The molecule has 80 valence electrons. The third-order valence-corrected chi connectivity index (χ3v) is 2.52. The van der Waals surface area contributed by atoms with E-state index >= 15 is 0 Å². The molecular formula is C10H15N5. The Morgan fingerprint density at radius 1 is 1.20 bits per heavy atom. The molecule has 0 saturated heterocycles. The Kier molecular flexibility index (Phi) is 2.45. The van der Waals surface area contributed by atoms with Gasteiger partial charge in [-0.15, -0.1) is 0 Å². The van der Waals surface area contributed by atoms with Crippen LogP contribution >= 0.6 is 0 Å². The molecule has 0 bridgehead atoms. The summed E-state index contributed by atoms with van der Waals surface area (Å²) in [6.07, 6.45) is 1.84. The van der Waals surface area contributed by atoms with Crippen molar-refractivity contribution in [1.29, 1.82) is 0 Å². The molecule has 0 aliphatic carbocycles. The van der Waals surface area contributed by atoms with E-state index in [-0.39, 0.29) is 0 Å². The summed E-state index contributed by atoms with van der Waals surface area (Å²) in [6.45, 7) is 6.77. The summed E-state index contributed by atoms with van der Waals surface area (Å²) in [4.78, 5) is 0. The number of aromatic amines is 2. The average molecular weight is 205 g/mol. The van der Waals surface area contributed by atoms with Gasteiger partial charge in [-0.1, -0.05) is 0 Å². The highest BCUT2D eigenvalue weighted by Gasteiger charge is 2.06. The minimum Gasteiger partial charge on any atom is -0.378 e. The van der Waals surface area contributed by atoms with Crippen LogP contribution in [0, 0.1) is 20.8 Å². The van der Waals surface area contributed by atoms with E-state index in [1.165, 1.54) is 5.56 Å². The number of rotatable bonds is 3. The Morgan fingerprint density at radius 3 is 2.53 bits per heavy atom. The summed E-state index contributed by atoms with van der Waals surface area (Å²) in [5, 5.41) is 17.3. The van der Waals surface area contributed by atoms with Crippen LogP contribution in [0.4, 0.5) is 5.69 Å². The zero-order chi connectivity index (χ0) is 10.8. The maximum absolute atomic E-state index is 4.13. The van der Waals surface area contributed by atoms with Crippen LogP contribution < -0.4 is 5.32 Å². The van der Waals surface area contributed by atoms with Crippen molar-refractivity contribution < 1.29 is 0 Å². The molecule has 0 spiro atoms. The van der Waals surface area contributed by atoms with Crippen molar-refractivity contribution in [2.75, 3.05) is 5.32 Å². The number of hydrogen-bond acceptors (Lipinski definition) is 3. The summed E-state index contributed by atoms with van der Waals surface area (Å²) in [7, 11) is 0. The predicted molar refractivity (Wildman–Crippen MR) is 58.7 cm³/mol. The fraction of sp³-hybridized carbons (Fsp3) is 0.400. The van der Waals surface area contributed by atoms with Gasteiger partial charge in [0.1, 0.15) is 0 Å². The molecule has 0 saturated carbocycles. The Hall–Kier alpha value is -1.78. The molecule has 3 N–H and O–H groups in total. The second-order valence-electron chi connectivity index (χ2n) is 3.68. The van der Waals surface area contributed by atoms with Gasteiger partial charge < -0.3 is 5.32 Å². The highest BCUT2D eigenvalue weighted by Crippen LogP contribution is 2.17. The van der Waals surface area contributed by atoms with Gasteiger partial charge >= 0.3 is 0 Å². The lowest BCUT2D eigenvalue weighted by atomic mass is 10.2. The zero-order valence-electron chi connectivity index (χ0n) is 9.18. The smallest absolute Gasteiger partial charge is 0.0825 e. The minimum absolute atomic E-state index is 0.767. The van der Waals surface area contributed by atoms with E-state index in [1.807, 2.05) is 27.0 Å². The van der Waals surface area contributed by atoms with Crippen LogP contribution in [-0.2, 0) is 6.54 Å². The van der Waals surface area contributed by atoms with Crippen LogP contribution in [0.25, 0.3) is 0 Å². The van der Waals surface area contributed by atoms with Crippen molar-refractivity contribution in [3.8, 4) is 0 Å². The molecule has 0 amide bonds. The number of H-pyrrole nitrogens is 2. The first-order valence-electron chi connectivity index (χ1n) is 4.92. The molecule has 15 heavy (non-hydrogen) atoms. The summed E-state index contributed by atoms with van der Waals surface area (Å²) >= 11 is 0. The molecule has 5 nitrogen and oxygen atoms in total. The number of aryl methyl sites for hydroxylation is 3. The van der Waals surface area contributed by atoms with Crippen LogP contribution in [0.5, 0.6) is 0 Å². The number of hydrogen-bond donors (Lipinski definition) is 3. The summed E-state index contributed by atoms with van der Waals surface area (Å²) < 4.78 is 0. The number of nitrogens with one attached hydrogen (secondary N) is 3. The lowest BCUT2D eigenvalue weighted by molar-refractivity contribution is 1.02.